The van der Waals surface area contributed by atoms with E-state index in [9.17, 15) is 9.59 Å². The maximum atomic E-state index is 12.5. The molecule has 0 radical (unpaired) electrons. The molecule has 1 aromatic rings. The van der Waals surface area contributed by atoms with E-state index >= 15 is 0 Å². The fraction of sp³-hybridized carbons (Fsp3) is 0.619. The lowest BCUT2D eigenvalue weighted by Gasteiger charge is -2.36. The van der Waals surface area contributed by atoms with Gasteiger partial charge in [-0.05, 0) is 49.9 Å². The lowest BCUT2D eigenvalue weighted by atomic mass is 10.1. The number of ether oxygens (including phenoxy) is 1. The van der Waals surface area contributed by atoms with E-state index in [4.69, 9.17) is 16.3 Å². The zero-order chi connectivity index (χ0) is 19.2. The van der Waals surface area contributed by atoms with E-state index in [0.29, 0.717) is 51.5 Å². The number of nitrogens with zero attached hydrogens (tertiary/aromatic N) is 2. The number of carbonyl (C=O) groups excluding carboxylic acids is 2. The smallest absolute Gasteiger partial charge is 0.225 e. The second kappa shape index (κ2) is 9.45. The van der Waals surface area contributed by atoms with Gasteiger partial charge in [-0.15, -0.1) is 0 Å². The number of hydrogen-bond acceptors (Lipinski definition) is 3. The predicted molar refractivity (Wildman–Crippen MR) is 106 cm³/mol. The second-order valence-corrected chi connectivity index (χ2v) is 7.96. The average molecular weight is 393 g/mol. The summed E-state index contributed by atoms with van der Waals surface area (Å²) in [5, 5.41) is 0.725. The van der Waals surface area contributed by atoms with E-state index in [1.54, 1.807) is 0 Å². The van der Waals surface area contributed by atoms with Crippen molar-refractivity contribution >= 4 is 23.4 Å². The number of aryl methyl sites for hydroxylation is 1. The van der Waals surface area contributed by atoms with Crippen LogP contribution in [0.15, 0.2) is 18.2 Å². The van der Waals surface area contributed by atoms with Crippen LogP contribution < -0.4 is 4.74 Å². The lowest BCUT2D eigenvalue weighted by molar-refractivity contribution is -0.142. The minimum absolute atomic E-state index is 0.152. The van der Waals surface area contributed by atoms with Crippen molar-refractivity contribution in [2.24, 2.45) is 5.92 Å². The summed E-state index contributed by atoms with van der Waals surface area (Å²) < 4.78 is 5.70. The van der Waals surface area contributed by atoms with E-state index in [1.165, 1.54) is 12.8 Å². The fourth-order valence-corrected chi connectivity index (χ4v) is 4.00. The van der Waals surface area contributed by atoms with Crippen LogP contribution in [0.2, 0.25) is 5.02 Å². The fourth-order valence-electron chi connectivity index (χ4n) is 3.89. The highest BCUT2D eigenvalue weighted by molar-refractivity contribution is 6.31. The molecule has 1 aliphatic heterocycles. The van der Waals surface area contributed by atoms with Gasteiger partial charge in [-0.1, -0.05) is 24.4 Å². The average Bonchev–Trinajstić information content (AvgIpc) is 3.22. The Hall–Kier alpha value is -1.75. The summed E-state index contributed by atoms with van der Waals surface area (Å²) in [5.41, 5.74) is 0.982. The summed E-state index contributed by atoms with van der Waals surface area (Å²) in [4.78, 5) is 28.7. The van der Waals surface area contributed by atoms with Gasteiger partial charge in [-0.3, -0.25) is 9.59 Å². The molecule has 1 aliphatic carbocycles. The quantitative estimate of drug-likeness (QED) is 0.694. The topological polar surface area (TPSA) is 49.9 Å². The number of halogens is 1. The number of hydrogen-bond donors (Lipinski definition) is 0. The van der Waals surface area contributed by atoms with Crippen LogP contribution in [0.25, 0.3) is 0 Å². The van der Waals surface area contributed by atoms with Gasteiger partial charge in [-0.25, -0.2) is 0 Å². The van der Waals surface area contributed by atoms with Crippen molar-refractivity contribution in [1.29, 1.82) is 0 Å². The van der Waals surface area contributed by atoms with Gasteiger partial charge in [0.15, 0.2) is 0 Å². The van der Waals surface area contributed by atoms with E-state index in [-0.39, 0.29) is 11.8 Å². The van der Waals surface area contributed by atoms with E-state index in [0.717, 1.165) is 29.2 Å². The van der Waals surface area contributed by atoms with Crippen molar-refractivity contribution in [3.8, 4) is 5.75 Å². The molecule has 2 amide bonds. The highest BCUT2D eigenvalue weighted by Crippen LogP contribution is 2.27. The SMILES string of the molecule is Cc1cc(OCCCC(=O)N2CCN(C(=O)C3CCCC3)CC2)ccc1Cl. The molecule has 0 aromatic heterocycles. The Morgan fingerprint density at radius 3 is 2.44 bits per heavy atom. The van der Waals surface area contributed by atoms with Gasteiger partial charge in [0.05, 0.1) is 6.61 Å². The zero-order valence-electron chi connectivity index (χ0n) is 16.1. The van der Waals surface area contributed by atoms with Crippen LogP contribution in [-0.2, 0) is 9.59 Å². The summed E-state index contributed by atoms with van der Waals surface area (Å²) in [5.74, 6) is 1.45. The maximum absolute atomic E-state index is 12.5. The van der Waals surface area contributed by atoms with E-state index in [2.05, 4.69) is 0 Å². The Labute approximate surface area is 166 Å². The minimum Gasteiger partial charge on any atom is -0.494 e. The number of amides is 2. The Morgan fingerprint density at radius 2 is 1.78 bits per heavy atom. The molecule has 1 saturated heterocycles. The highest BCUT2D eigenvalue weighted by Gasteiger charge is 2.30. The van der Waals surface area contributed by atoms with Crippen LogP contribution in [0.4, 0.5) is 0 Å². The van der Waals surface area contributed by atoms with E-state index < -0.39 is 0 Å². The standard InChI is InChI=1S/C21H29ClN2O3/c1-16-15-18(8-9-19(16)22)27-14-4-7-20(25)23-10-12-24(13-11-23)21(26)17-5-2-3-6-17/h8-9,15,17H,2-7,10-14H2,1H3. The first kappa shape index (κ1) is 20.0. The Bertz CT molecular complexity index is 665. The molecule has 5 nitrogen and oxygen atoms in total. The van der Waals surface area contributed by atoms with Crippen molar-refractivity contribution < 1.29 is 14.3 Å². The summed E-state index contributed by atoms with van der Waals surface area (Å²) in [6, 6.07) is 5.58. The van der Waals surface area contributed by atoms with Crippen LogP contribution >= 0.6 is 11.6 Å². The van der Waals surface area contributed by atoms with Crippen LogP contribution in [0.5, 0.6) is 5.75 Å². The van der Waals surface area contributed by atoms with Crippen LogP contribution in [0.3, 0.4) is 0 Å². The second-order valence-electron chi connectivity index (χ2n) is 7.55. The number of rotatable bonds is 6. The summed E-state index contributed by atoms with van der Waals surface area (Å²) >= 11 is 6.01. The Balaban J connectivity index is 1.34. The van der Waals surface area contributed by atoms with Crippen LogP contribution in [0, 0.1) is 12.8 Å². The molecule has 148 valence electrons. The molecule has 0 atom stereocenters. The van der Waals surface area contributed by atoms with Gasteiger partial charge in [-0.2, -0.15) is 0 Å². The van der Waals surface area contributed by atoms with Crippen molar-refractivity contribution in [2.45, 2.75) is 45.4 Å². The molecule has 3 rings (SSSR count). The molecule has 0 N–H and O–H groups in total. The van der Waals surface area contributed by atoms with Crippen LogP contribution in [0.1, 0.15) is 44.1 Å². The molecule has 1 aromatic carbocycles. The van der Waals surface area contributed by atoms with Gasteiger partial charge in [0.2, 0.25) is 11.8 Å². The van der Waals surface area contributed by atoms with Gasteiger partial charge < -0.3 is 14.5 Å². The molecular formula is C21H29ClN2O3. The molecule has 1 saturated carbocycles. The van der Waals surface area contributed by atoms with Crippen molar-refractivity contribution in [2.75, 3.05) is 32.8 Å². The van der Waals surface area contributed by atoms with E-state index in [1.807, 2.05) is 34.9 Å². The molecule has 27 heavy (non-hydrogen) atoms. The zero-order valence-corrected chi connectivity index (χ0v) is 16.8. The predicted octanol–water partition coefficient (Wildman–Crippen LogP) is 3.67. The van der Waals surface area contributed by atoms with Crippen molar-refractivity contribution in [1.82, 2.24) is 9.80 Å². The third-order valence-electron chi connectivity index (χ3n) is 5.58. The van der Waals surface area contributed by atoms with Crippen molar-refractivity contribution in [3.63, 3.8) is 0 Å². The molecule has 2 aliphatic rings. The molecule has 0 unspecified atom stereocenters. The number of benzene rings is 1. The van der Waals surface area contributed by atoms with Gasteiger partial charge >= 0.3 is 0 Å². The molecule has 0 spiro atoms. The van der Waals surface area contributed by atoms with Crippen molar-refractivity contribution in [3.05, 3.63) is 28.8 Å². The third-order valence-corrected chi connectivity index (χ3v) is 6.01. The largest absolute Gasteiger partial charge is 0.494 e. The monoisotopic (exact) mass is 392 g/mol. The summed E-state index contributed by atoms with van der Waals surface area (Å²) in [7, 11) is 0. The van der Waals surface area contributed by atoms with Crippen LogP contribution in [-0.4, -0.2) is 54.4 Å². The molecule has 0 bridgehead atoms. The highest BCUT2D eigenvalue weighted by atomic mass is 35.5. The minimum atomic E-state index is 0.152. The first-order valence-corrected chi connectivity index (χ1v) is 10.4. The molecule has 1 heterocycles. The number of piperazine rings is 1. The Morgan fingerprint density at radius 1 is 1.11 bits per heavy atom. The van der Waals surface area contributed by atoms with Gasteiger partial charge in [0, 0.05) is 43.5 Å². The number of carbonyl (C=O) groups is 2. The maximum Gasteiger partial charge on any atom is 0.225 e. The molecule has 6 heteroatoms. The Kier molecular flexibility index (Phi) is 7.00. The summed E-state index contributed by atoms with van der Waals surface area (Å²) in [6.45, 7) is 5.08. The van der Waals surface area contributed by atoms with Gasteiger partial charge in [0.25, 0.3) is 0 Å². The first-order valence-electron chi connectivity index (χ1n) is 10.00. The summed E-state index contributed by atoms with van der Waals surface area (Å²) in [6.07, 6.45) is 5.57. The van der Waals surface area contributed by atoms with Gasteiger partial charge in [0.1, 0.15) is 5.75 Å². The normalized spacial score (nSPS) is 18.0. The lowest BCUT2D eigenvalue weighted by Crippen LogP contribution is -2.51. The third kappa shape index (κ3) is 5.38. The first-order chi connectivity index (χ1) is 13.0. The molecular weight excluding hydrogens is 364 g/mol. The molecule has 2 fully saturated rings.